The van der Waals surface area contributed by atoms with Crippen molar-refractivity contribution < 1.29 is 29.7 Å². The van der Waals surface area contributed by atoms with E-state index in [1.165, 1.54) is 17.0 Å². The summed E-state index contributed by atoms with van der Waals surface area (Å²) in [6, 6.07) is 11.7. The lowest BCUT2D eigenvalue weighted by Gasteiger charge is -2.30. The molecule has 3 rings (SSSR count). The zero-order valence-corrected chi connectivity index (χ0v) is 21.4. The Morgan fingerprint density at radius 3 is 2.49 bits per heavy atom. The van der Waals surface area contributed by atoms with Gasteiger partial charge in [0.05, 0.1) is 12.1 Å². The predicted octanol–water partition coefficient (Wildman–Crippen LogP) is 0.0422. The van der Waals surface area contributed by atoms with Gasteiger partial charge in [-0.2, -0.15) is 0 Å². The highest BCUT2D eigenvalue weighted by molar-refractivity contribution is 5.97. The van der Waals surface area contributed by atoms with E-state index in [4.69, 9.17) is 0 Å². The molecule has 1 fully saturated rings. The Morgan fingerprint density at radius 1 is 1.11 bits per heavy atom. The molecular weight excluding hydrogens is 476 g/mol. The van der Waals surface area contributed by atoms with Crippen molar-refractivity contribution >= 4 is 17.7 Å². The lowest BCUT2D eigenvalue weighted by atomic mass is 9.98. The number of rotatable bonds is 10. The van der Waals surface area contributed by atoms with Crippen LogP contribution in [-0.4, -0.2) is 101 Å². The number of benzene rings is 2. The molecule has 200 valence electrons. The van der Waals surface area contributed by atoms with Gasteiger partial charge in [0.2, 0.25) is 5.91 Å². The van der Waals surface area contributed by atoms with Gasteiger partial charge in [0.25, 0.3) is 11.8 Å². The fourth-order valence-electron chi connectivity index (χ4n) is 4.39. The Balaban J connectivity index is 1.81. The number of aliphatic hydroxyl groups is 2. The van der Waals surface area contributed by atoms with E-state index in [2.05, 4.69) is 10.6 Å². The third-order valence-electron chi connectivity index (χ3n) is 6.52. The molecule has 0 spiro atoms. The summed E-state index contributed by atoms with van der Waals surface area (Å²) in [7, 11) is 3.74. The molecule has 0 aliphatic carbocycles. The largest absolute Gasteiger partial charge is 0.508 e. The summed E-state index contributed by atoms with van der Waals surface area (Å²) in [5, 5.41) is 36.9. The van der Waals surface area contributed by atoms with Crippen LogP contribution in [0.3, 0.4) is 0 Å². The number of aliphatic hydroxyl groups excluding tert-OH is 2. The zero-order valence-electron chi connectivity index (χ0n) is 21.4. The number of carbonyl (C=O) groups is 3. The van der Waals surface area contributed by atoms with Gasteiger partial charge in [-0.05, 0) is 45.1 Å². The van der Waals surface area contributed by atoms with Crippen LogP contribution in [0.25, 0.3) is 0 Å². The molecule has 37 heavy (non-hydrogen) atoms. The van der Waals surface area contributed by atoms with Gasteiger partial charge < -0.3 is 35.8 Å². The molecule has 1 aliphatic heterocycles. The Kier molecular flexibility index (Phi) is 9.62. The molecule has 5 N–H and O–H groups in total. The molecule has 2 aromatic rings. The molecule has 4 atom stereocenters. The Hall–Kier alpha value is -3.47. The van der Waals surface area contributed by atoms with Crippen molar-refractivity contribution in [1.29, 1.82) is 0 Å². The molecule has 10 heteroatoms. The van der Waals surface area contributed by atoms with E-state index in [1.54, 1.807) is 13.0 Å². The van der Waals surface area contributed by atoms with Gasteiger partial charge in [0, 0.05) is 37.2 Å². The zero-order chi connectivity index (χ0) is 27.1. The monoisotopic (exact) mass is 512 g/mol. The molecule has 1 aliphatic rings. The lowest BCUT2D eigenvalue weighted by Crippen LogP contribution is -2.56. The molecule has 10 nitrogen and oxygen atoms in total. The van der Waals surface area contributed by atoms with E-state index >= 15 is 0 Å². The van der Waals surface area contributed by atoms with Crippen LogP contribution >= 0.6 is 0 Å². The fraction of sp³-hybridized carbons (Fsp3) is 0.444. The number of carbonyl (C=O) groups excluding carboxylic acids is 3. The number of hydrogen-bond donors (Lipinski definition) is 5. The molecule has 0 saturated carbocycles. The van der Waals surface area contributed by atoms with E-state index in [0.717, 1.165) is 5.56 Å². The summed E-state index contributed by atoms with van der Waals surface area (Å²) < 4.78 is 0. The highest BCUT2D eigenvalue weighted by atomic mass is 16.3. The second-order valence-electron chi connectivity index (χ2n) is 9.65. The van der Waals surface area contributed by atoms with Gasteiger partial charge in [-0.1, -0.05) is 36.4 Å². The second-order valence-corrected chi connectivity index (χ2v) is 9.65. The number of likely N-dealkylation sites (tertiary alicyclic amines) is 1. The first-order valence-corrected chi connectivity index (χ1v) is 12.3. The first kappa shape index (κ1) is 28.1. The Labute approximate surface area is 216 Å². The summed E-state index contributed by atoms with van der Waals surface area (Å²) in [6.07, 6.45) is -2.38. The number of amides is 3. The number of β-amino-alcohol motifs (C(OH)–C–C–N with tert-alkyl or cyclic N) is 1. The third kappa shape index (κ3) is 7.28. The Morgan fingerprint density at radius 2 is 1.81 bits per heavy atom. The van der Waals surface area contributed by atoms with Crippen LogP contribution in [0.15, 0.2) is 48.5 Å². The molecule has 0 unspecified atom stereocenters. The maximum absolute atomic E-state index is 13.4. The highest BCUT2D eigenvalue weighted by Crippen LogP contribution is 2.22. The number of nitrogens with zero attached hydrogens (tertiary/aromatic N) is 2. The maximum atomic E-state index is 13.4. The minimum Gasteiger partial charge on any atom is -0.508 e. The van der Waals surface area contributed by atoms with Crippen LogP contribution in [-0.2, 0) is 16.0 Å². The molecule has 1 heterocycles. The third-order valence-corrected chi connectivity index (χ3v) is 6.52. The van der Waals surface area contributed by atoms with Crippen molar-refractivity contribution in [2.24, 2.45) is 0 Å². The van der Waals surface area contributed by atoms with Crippen molar-refractivity contribution in [2.45, 2.75) is 44.1 Å². The van der Waals surface area contributed by atoms with Crippen molar-refractivity contribution in [3.63, 3.8) is 0 Å². The lowest BCUT2D eigenvalue weighted by molar-refractivity contribution is -0.146. The maximum Gasteiger partial charge on any atom is 0.254 e. The van der Waals surface area contributed by atoms with Crippen molar-refractivity contribution in [3.8, 4) is 5.75 Å². The molecule has 0 bridgehead atoms. The Bertz CT molecular complexity index is 1090. The number of nitrogens with one attached hydrogen (secondary N) is 2. The van der Waals surface area contributed by atoms with Gasteiger partial charge in [-0.25, -0.2) is 0 Å². The summed E-state index contributed by atoms with van der Waals surface area (Å²) >= 11 is 0. The van der Waals surface area contributed by atoms with Crippen LogP contribution in [0.1, 0.15) is 27.9 Å². The topological polar surface area (TPSA) is 142 Å². The van der Waals surface area contributed by atoms with E-state index < -0.39 is 42.0 Å². The second kappa shape index (κ2) is 12.7. The van der Waals surface area contributed by atoms with Gasteiger partial charge in [0.15, 0.2) is 6.10 Å². The van der Waals surface area contributed by atoms with Crippen molar-refractivity contribution in [1.82, 2.24) is 20.4 Å². The molecule has 0 radical (unpaired) electrons. The van der Waals surface area contributed by atoms with Gasteiger partial charge in [-0.15, -0.1) is 0 Å². The quantitative estimate of drug-likeness (QED) is 0.303. The molecule has 2 aromatic carbocycles. The van der Waals surface area contributed by atoms with Gasteiger partial charge in [0.1, 0.15) is 11.8 Å². The van der Waals surface area contributed by atoms with Crippen LogP contribution < -0.4 is 10.6 Å². The number of hydrogen-bond acceptors (Lipinski definition) is 7. The van der Waals surface area contributed by atoms with Crippen LogP contribution in [0.4, 0.5) is 0 Å². The predicted molar refractivity (Wildman–Crippen MR) is 138 cm³/mol. The van der Waals surface area contributed by atoms with Crippen LogP contribution in [0.5, 0.6) is 5.75 Å². The average molecular weight is 513 g/mol. The highest BCUT2D eigenvalue weighted by Gasteiger charge is 2.42. The first-order valence-electron chi connectivity index (χ1n) is 12.3. The number of phenols is 1. The standard InChI is InChI=1S/C27H36N4O6/c1-17-20(10-7-11-23(17)33)25(35)29-21(14-18-8-5-4-6-9-18)24(34)27(37)31-16-19(32)15-22(31)26(36)28-12-13-30(2)3/h4-11,19,21-22,24,32-34H,12-16H2,1-3H3,(H,28,36)(H,29,35)/t19-,21+,22+,24+/m1/s1. The number of aromatic hydroxyl groups is 1. The summed E-state index contributed by atoms with van der Waals surface area (Å²) in [4.78, 5) is 42.4. The van der Waals surface area contributed by atoms with E-state index in [0.29, 0.717) is 18.7 Å². The van der Waals surface area contributed by atoms with Crippen LogP contribution in [0, 0.1) is 6.92 Å². The van der Waals surface area contributed by atoms with Gasteiger partial charge >= 0.3 is 0 Å². The molecular formula is C27H36N4O6. The van der Waals surface area contributed by atoms with E-state index in [1.807, 2.05) is 49.3 Å². The van der Waals surface area contributed by atoms with Gasteiger partial charge in [-0.3, -0.25) is 14.4 Å². The minimum absolute atomic E-state index is 0.0435. The summed E-state index contributed by atoms with van der Waals surface area (Å²) in [5.74, 6) is -1.75. The molecule has 0 aromatic heterocycles. The summed E-state index contributed by atoms with van der Waals surface area (Å²) in [5.41, 5.74) is 1.37. The molecule has 3 amide bonds. The van der Waals surface area contributed by atoms with Crippen molar-refractivity contribution in [2.75, 3.05) is 33.7 Å². The average Bonchev–Trinajstić information content (AvgIpc) is 3.26. The van der Waals surface area contributed by atoms with E-state index in [9.17, 15) is 29.7 Å². The fourth-order valence-corrected chi connectivity index (χ4v) is 4.39. The normalized spacial score (nSPS) is 18.9. The van der Waals surface area contributed by atoms with E-state index in [-0.39, 0.29) is 30.7 Å². The SMILES string of the molecule is Cc1c(O)cccc1C(=O)N[C@@H](Cc1ccccc1)[C@H](O)C(=O)N1C[C@H](O)C[C@H]1C(=O)NCCN(C)C. The first-order chi connectivity index (χ1) is 17.6. The number of phenolic OH excluding ortho intramolecular Hbond substituents is 1. The van der Waals surface area contributed by atoms with Crippen molar-refractivity contribution in [3.05, 3.63) is 65.2 Å². The smallest absolute Gasteiger partial charge is 0.254 e. The number of likely N-dealkylation sites (N-methyl/N-ethyl adjacent to an activating group) is 1. The minimum atomic E-state index is -1.68. The molecule has 1 saturated heterocycles. The van der Waals surface area contributed by atoms with Crippen LogP contribution in [0.2, 0.25) is 0 Å². The summed E-state index contributed by atoms with van der Waals surface area (Å²) in [6.45, 7) is 2.48.